The Labute approximate surface area is 144 Å². The average molecular weight is 345 g/mol. The number of benzene rings is 1. The van der Waals surface area contributed by atoms with Gasteiger partial charge in [0.05, 0.1) is 12.7 Å². The number of aryl methyl sites for hydroxylation is 1. The van der Waals surface area contributed by atoms with E-state index < -0.39 is 0 Å². The molecule has 6 nitrogen and oxygen atoms in total. The Hall–Kier alpha value is -2.28. The van der Waals surface area contributed by atoms with Crippen LogP contribution in [0.25, 0.3) is 0 Å². The summed E-state index contributed by atoms with van der Waals surface area (Å²) in [6.07, 6.45) is 2.53. The van der Waals surface area contributed by atoms with Gasteiger partial charge in [-0.1, -0.05) is 23.0 Å². The first-order chi connectivity index (χ1) is 11.6. The molecule has 0 unspecified atom stereocenters. The maximum absolute atomic E-state index is 12.3. The Kier molecular flexibility index (Phi) is 4.89. The lowest BCUT2D eigenvalue weighted by Crippen LogP contribution is -2.13. The number of carbonyl (C=O) groups excluding carboxylic acids is 2. The number of aromatic nitrogens is 2. The molecular formula is C17H19N3O3S. The van der Waals surface area contributed by atoms with Crippen LogP contribution in [0.5, 0.6) is 5.75 Å². The number of rotatable bonds is 7. The van der Waals surface area contributed by atoms with E-state index in [4.69, 9.17) is 4.74 Å². The van der Waals surface area contributed by atoms with Crippen LogP contribution < -0.4 is 10.1 Å². The Morgan fingerprint density at radius 2 is 2.08 bits per heavy atom. The summed E-state index contributed by atoms with van der Waals surface area (Å²) >= 11 is 1.41. The molecule has 0 radical (unpaired) electrons. The zero-order valence-corrected chi connectivity index (χ0v) is 14.5. The van der Waals surface area contributed by atoms with Crippen molar-refractivity contribution >= 4 is 28.2 Å². The Morgan fingerprint density at radius 3 is 2.79 bits per heavy atom. The molecule has 1 heterocycles. The van der Waals surface area contributed by atoms with Crippen LogP contribution >= 0.6 is 11.3 Å². The van der Waals surface area contributed by atoms with E-state index in [1.807, 2.05) is 13.0 Å². The first-order valence-corrected chi connectivity index (χ1v) is 8.69. The van der Waals surface area contributed by atoms with Gasteiger partial charge in [0.15, 0.2) is 5.78 Å². The van der Waals surface area contributed by atoms with Crippen molar-refractivity contribution in [3.63, 3.8) is 0 Å². The lowest BCUT2D eigenvalue weighted by atomic mass is 10.0. The lowest BCUT2D eigenvalue weighted by Gasteiger charge is -2.08. The first kappa shape index (κ1) is 16.6. The zero-order chi connectivity index (χ0) is 17.1. The quantitative estimate of drug-likeness (QED) is 0.779. The van der Waals surface area contributed by atoms with E-state index in [9.17, 15) is 9.59 Å². The fraction of sp³-hybridized carbons (Fsp3) is 0.412. The molecule has 126 valence electrons. The van der Waals surface area contributed by atoms with Crippen LogP contribution in [0.4, 0.5) is 5.13 Å². The van der Waals surface area contributed by atoms with Gasteiger partial charge in [0.25, 0.3) is 0 Å². The van der Waals surface area contributed by atoms with Gasteiger partial charge < -0.3 is 10.1 Å². The van der Waals surface area contributed by atoms with Gasteiger partial charge in [0, 0.05) is 18.8 Å². The van der Waals surface area contributed by atoms with Crippen molar-refractivity contribution in [2.45, 2.75) is 38.5 Å². The molecule has 0 atom stereocenters. The van der Waals surface area contributed by atoms with Crippen LogP contribution in [0, 0.1) is 6.92 Å². The highest BCUT2D eigenvalue weighted by Crippen LogP contribution is 2.42. The van der Waals surface area contributed by atoms with Crippen molar-refractivity contribution in [1.82, 2.24) is 10.2 Å². The summed E-state index contributed by atoms with van der Waals surface area (Å²) in [5.41, 5.74) is 1.49. The SMILES string of the molecule is COc1ccc(C)cc1C(=O)CCC(=O)Nc1nnc(C2CC2)s1. The Bertz CT molecular complexity index is 768. The normalized spacial score (nSPS) is 13.6. The molecule has 2 aromatic rings. The predicted octanol–water partition coefficient (Wildman–Crippen LogP) is 3.33. The second-order valence-electron chi connectivity index (χ2n) is 5.89. The molecule has 1 N–H and O–H groups in total. The first-order valence-electron chi connectivity index (χ1n) is 7.88. The highest BCUT2D eigenvalue weighted by Gasteiger charge is 2.27. The molecule has 1 aliphatic rings. The van der Waals surface area contributed by atoms with Crippen molar-refractivity contribution in [2.75, 3.05) is 12.4 Å². The van der Waals surface area contributed by atoms with Gasteiger partial charge in [-0.2, -0.15) is 0 Å². The minimum absolute atomic E-state index is 0.105. The number of Topliss-reactive ketones (excluding diaryl/α,β-unsaturated/α-hetero) is 1. The molecule has 0 bridgehead atoms. The summed E-state index contributed by atoms with van der Waals surface area (Å²) < 4.78 is 5.22. The van der Waals surface area contributed by atoms with E-state index in [1.54, 1.807) is 12.1 Å². The van der Waals surface area contributed by atoms with Crippen molar-refractivity contribution in [3.05, 3.63) is 34.3 Å². The summed E-state index contributed by atoms with van der Waals surface area (Å²) in [5, 5.41) is 12.2. The van der Waals surface area contributed by atoms with Crippen LogP contribution in [0.2, 0.25) is 0 Å². The highest BCUT2D eigenvalue weighted by molar-refractivity contribution is 7.15. The lowest BCUT2D eigenvalue weighted by molar-refractivity contribution is -0.116. The van der Waals surface area contributed by atoms with E-state index in [0.29, 0.717) is 22.4 Å². The third-order valence-electron chi connectivity index (χ3n) is 3.85. The number of anilines is 1. The smallest absolute Gasteiger partial charge is 0.226 e. The van der Waals surface area contributed by atoms with Gasteiger partial charge in [0.1, 0.15) is 10.8 Å². The van der Waals surface area contributed by atoms with E-state index in [-0.39, 0.29) is 24.5 Å². The van der Waals surface area contributed by atoms with Crippen molar-refractivity contribution in [2.24, 2.45) is 0 Å². The van der Waals surface area contributed by atoms with Gasteiger partial charge in [0.2, 0.25) is 11.0 Å². The van der Waals surface area contributed by atoms with Crippen LogP contribution in [-0.4, -0.2) is 29.0 Å². The van der Waals surface area contributed by atoms with E-state index >= 15 is 0 Å². The molecule has 1 saturated carbocycles. The molecule has 1 fully saturated rings. The fourth-order valence-electron chi connectivity index (χ4n) is 2.36. The molecule has 0 aliphatic heterocycles. The second-order valence-corrected chi connectivity index (χ2v) is 6.90. The van der Waals surface area contributed by atoms with Crippen LogP contribution in [0.3, 0.4) is 0 Å². The monoisotopic (exact) mass is 345 g/mol. The number of nitrogens with zero attached hydrogens (tertiary/aromatic N) is 2. The van der Waals surface area contributed by atoms with Gasteiger partial charge >= 0.3 is 0 Å². The van der Waals surface area contributed by atoms with Gasteiger partial charge in [-0.05, 0) is 31.9 Å². The fourth-order valence-corrected chi connectivity index (χ4v) is 3.29. The third-order valence-corrected chi connectivity index (χ3v) is 4.85. The topological polar surface area (TPSA) is 81.2 Å². The molecule has 1 aliphatic carbocycles. The van der Waals surface area contributed by atoms with E-state index in [0.717, 1.165) is 23.4 Å². The highest BCUT2D eigenvalue weighted by atomic mass is 32.1. The zero-order valence-electron chi connectivity index (χ0n) is 13.7. The van der Waals surface area contributed by atoms with Crippen molar-refractivity contribution in [3.8, 4) is 5.75 Å². The maximum atomic E-state index is 12.3. The molecule has 0 saturated heterocycles. The van der Waals surface area contributed by atoms with E-state index in [2.05, 4.69) is 15.5 Å². The average Bonchev–Trinajstić information content (AvgIpc) is 3.32. The van der Waals surface area contributed by atoms with Crippen molar-refractivity contribution in [1.29, 1.82) is 0 Å². The summed E-state index contributed by atoms with van der Waals surface area (Å²) in [6, 6.07) is 5.43. The number of amides is 1. The summed E-state index contributed by atoms with van der Waals surface area (Å²) in [4.78, 5) is 24.4. The van der Waals surface area contributed by atoms with E-state index in [1.165, 1.54) is 18.4 Å². The number of carbonyl (C=O) groups is 2. The number of ketones is 1. The molecule has 0 spiro atoms. The standard InChI is InChI=1S/C17H19N3O3S/c1-10-3-7-14(23-2)12(9-10)13(21)6-8-15(22)18-17-20-19-16(24-17)11-4-5-11/h3,7,9,11H,4-6,8H2,1-2H3,(H,18,20,22). The molecule has 3 rings (SSSR count). The van der Waals surface area contributed by atoms with Gasteiger partial charge in [-0.25, -0.2) is 0 Å². The number of hydrogen-bond donors (Lipinski definition) is 1. The second kappa shape index (κ2) is 7.09. The number of methoxy groups -OCH3 is 1. The largest absolute Gasteiger partial charge is 0.496 e. The summed E-state index contributed by atoms with van der Waals surface area (Å²) in [5.74, 6) is 0.711. The molecule has 1 aromatic carbocycles. The van der Waals surface area contributed by atoms with Crippen LogP contribution in [-0.2, 0) is 4.79 Å². The molecule has 1 amide bonds. The van der Waals surface area contributed by atoms with Crippen LogP contribution in [0.1, 0.15) is 52.5 Å². The minimum Gasteiger partial charge on any atom is -0.496 e. The number of nitrogens with one attached hydrogen (secondary N) is 1. The molecule has 7 heteroatoms. The minimum atomic E-state index is -0.228. The Morgan fingerprint density at radius 1 is 1.29 bits per heavy atom. The Balaban J connectivity index is 1.55. The molecular weight excluding hydrogens is 326 g/mol. The summed E-state index contributed by atoms with van der Waals surface area (Å²) in [7, 11) is 1.53. The number of hydrogen-bond acceptors (Lipinski definition) is 6. The van der Waals surface area contributed by atoms with Crippen LogP contribution in [0.15, 0.2) is 18.2 Å². The molecule has 1 aromatic heterocycles. The third kappa shape index (κ3) is 3.97. The summed E-state index contributed by atoms with van der Waals surface area (Å²) in [6.45, 7) is 1.91. The molecule has 24 heavy (non-hydrogen) atoms. The number of ether oxygens (including phenoxy) is 1. The predicted molar refractivity (Wildman–Crippen MR) is 91.8 cm³/mol. The van der Waals surface area contributed by atoms with Gasteiger partial charge in [-0.15, -0.1) is 10.2 Å². The van der Waals surface area contributed by atoms with Crippen molar-refractivity contribution < 1.29 is 14.3 Å². The van der Waals surface area contributed by atoms with Gasteiger partial charge in [-0.3, -0.25) is 9.59 Å². The maximum Gasteiger partial charge on any atom is 0.226 e.